The zero-order valence-electron chi connectivity index (χ0n) is 8.80. The summed E-state index contributed by atoms with van der Waals surface area (Å²) in [6.45, 7) is 0. The first-order chi connectivity index (χ1) is 7.88. The van der Waals surface area contributed by atoms with E-state index in [1.54, 1.807) is 0 Å². The van der Waals surface area contributed by atoms with E-state index in [2.05, 4.69) is 42.5 Å². The minimum absolute atomic E-state index is 0.517. The monoisotopic (exact) mass is 205 g/mol. The SMILES string of the molecule is N#Cc1ccc2c(c1)[C@H]1C=C[C@H]2[C@@H]2C=C[C@@H]21. The van der Waals surface area contributed by atoms with Gasteiger partial charge in [0.1, 0.15) is 0 Å². The highest BCUT2D eigenvalue weighted by molar-refractivity contribution is 5.53. The summed E-state index contributed by atoms with van der Waals surface area (Å²) in [6, 6.07) is 8.42. The number of hydrogen-bond acceptors (Lipinski definition) is 1. The van der Waals surface area contributed by atoms with Gasteiger partial charge in [-0.05, 0) is 35.1 Å². The van der Waals surface area contributed by atoms with Crippen LogP contribution in [-0.4, -0.2) is 0 Å². The molecule has 0 aliphatic heterocycles. The molecule has 2 bridgehead atoms. The van der Waals surface area contributed by atoms with E-state index >= 15 is 0 Å². The van der Waals surface area contributed by atoms with Gasteiger partial charge in [-0.15, -0.1) is 0 Å². The van der Waals surface area contributed by atoms with Crippen LogP contribution < -0.4 is 0 Å². The molecule has 4 atom stereocenters. The van der Waals surface area contributed by atoms with Gasteiger partial charge in [-0.25, -0.2) is 0 Å². The van der Waals surface area contributed by atoms with Gasteiger partial charge in [0.15, 0.2) is 0 Å². The summed E-state index contributed by atoms with van der Waals surface area (Å²) in [5.74, 6) is 2.48. The molecule has 1 heteroatoms. The van der Waals surface area contributed by atoms with E-state index in [0.29, 0.717) is 17.8 Å². The van der Waals surface area contributed by atoms with E-state index in [0.717, 1.165) is 11.5 Å². The van der Waals surface area contributed by atoms with Gasteiger partial charge in [0, 0.05) is 11.8 Å². The van der Waals surface area contributed by atoms with E-state index in [1.807, 2.05) is 6.07 Å². The van der Waals surface area contributed by atoms with Crippen LogP contribution in [0, 0.1) is 23.2 Å². The summed E-state index contributed by atoms with van der Waals surface area (Å²) in [4.78, 5) is 0. The standard InChI is InChI=1S/C15H11N/c16-8-9-1-2-13-11-5-6-14(15(13)7-9)12-4-3-10(11)12/h1-7,10-12,14H/t10-,11-,12-,14-/m0/s1. The summed E-state index contributed by atoms with van der Waals surface area (Å²) in [6.07, 6.45) is 9.35. The van der Waals surface area contributed by atoms with Crippen LogP contribution in [0.4, 0.5) is 0 Å². The van der Waals surface area contributed by atoms with Gasteiger partial charge < -0.3 is 0 Å². The first-order valence-electron chi connectivity index (χ1n) is 5.79. The van der Waals surface area contributed by atoms with Gasteiger partial charge in [0.05, 0.1) is 11.6 Å². The summed E-state index contributed by atoms with van der Waals surface area (Å²) in [5.41, 5.74) is 3.62. The number of hydrogen-bond donors (Lipinski definition) is 0. The van der Waals surface area contributed by atoms with Gasteiger partial charge >= 0.3 is 0 Å². The molecule has 1 aromatic carbocycles. The molecule has 0 spiro atoms. The number of nitriles is 1. The maximum atomic E-state index is 8.96. The molecule has 0 radical (unpaired) electrons. The Hall–Kier alpha value is -1.81. The quantitative estimate of drug-likeness (QED) is 0.597. The molecule has 1 nitrogen and oxygen atoms in total. The lowest BCUT2D eigenvalue weighted by Gasteiger charge is -2.48. The molecule has 76 valence electrons. The van der Waals surface area contributed by atoms with Crippen molar-refractivity contribution < 1.29 is 0 Å². The average Bonchev–Trinajstić information content (AvgIpc) is 2.29. The molecule has 0 aromatic heterocycles. The first kappa shape index (κ1) is 8.35. The smallest absolute Gasteiger partial charge is 0.0991 e. The third kappa shape index (κ3) is 0.818. The van der Waals surface area contributed by atoms with E-state index in [1.165, 1.54) is 11.1 Å². The van der Waals surface area contributed by atoms with Crippen LogP contribution in [0.25, 0.3) is 0 Å². The molecule has 4 aliphatic rings. The fourth-order valence-electron chi connectivity index (χ4n) is 3.44. The molecule has 0 heterocycles. The predicted molar refractivity (Wildman–Crippen MR) is 61.9 cm³/mol. The fraction of sp³-hybridized carbons (Fsp3) is 0.267. The second-order valence-electron chi connectivity index (χ2n) is 4.93. The van der Waals surface area contributed by atoms with E-state index in [9.17, 15) is 0 Å². The number of allylic oxidation sites excluding steroid dienone is 4. The van der Waals surface area contributed by atoms with Crippen LogP contribution in [0.15, 0.2) is 42.5 Å². The van der Waals surface area contributed by atoms with Crippen LogP contribution in [0.2, 0.25) is 0 Å². The Balaban J connectivity index is 1.95. The first-order valence-corrected chi connectivity index (χ1v) is 5.79. The fourth-order valence-corrected chi connectivity index (χ4v) is 3.44. The lowest BCUT2D eigenvalue weighted by Crippen LogP contribution is -2.37. The van der Waals surface area contributed by atoms with Crippen LogP contribution in [-0.2, 0) is 0 Å². The lowest BCUT2D eigenvalue weighted by molar-refractivity contribution is 0.317. The summed E-state index contributed by atoms with van der Waals surface area (Å²) in [7, 11) is 0. The third-order valence-electron chi connectivity index (χ3n) is 4.29. The van der Waals surface area contributed by atoms with Gasteiger partial charge in [-0.3, -0.25) is 0 Å². The maximum Gasteiger partial charge on any atom is 0.0991 e. The van der Waals surface area contributed by atoms with Gasteiger partial charge in [-0.1, -0.05) is 30.4 Å². The molecule has 1 aromatic rings. The minimum atomic E-state index is 0.517. The highest BCUT2D eigenvalue weighted by Crippen LogP contribution is 2.56. The van der Waals surface area contributed by atoms with E-state index < -0.39 is 0 Å². The second kappa shape index (κ2) is 2.65. The molecule has 4 aliphatic carbocycles. The average molecular weight is 205 g/mol. The molecular weight excluding hydrogens is 194 g/mol. The molecule has 0 saturated carbocycles. The summed E-state index contributed by atoms with van der Waals surface area (Å²) < 4.78 is 0. The third-order valence-corrected chi connectivity index (χ3v) is 4.29. The normalized spacial score (nSPS) is 36.2. The van der Waals surface area contributed by atoms with Crippen molar-refractivity contribution in [2.75, 3.05) is 0 Å². The van der Waals surface area contributed by atoms with Crippen molar-refractivity contribution in [2.24, 2.45) is 11.8 Å². The topological polar surface area (TPSA) is 23.8 Å². The molecule has 0 saturated heterocycles. The van der Waals surface area contributed by atoms with Crippen molar-refractivity contribution in [3.63, 3.8) is 0 Å². The Morgan fingerprint density at radius 1 is 0.875 bits per heavy atom. The van der Waals surface area contributed by atoms with Gasteiger partial charge in [-0.2, -0.15) is 5.26 Å². The highest BCUT2D eigenvalue weighted by atomic mass is 14.5. The van der Waals surface area contributed by atoms with Crippen molar-refractivity contribution >= 4 is 0 Å². The molecule has 0 unspecified atom stereocenters. The van der Waals surface area contributed by atoms with Crippen LogP contribution in [0.1, 0.15) is 28.5 Å². The van der Waals surface area contributed by atoms with Gasteiger partial charge in [0.25, 0.3) is 0 Å². The molecule has 0 fully saturated rings. The highest BCUT2D eigenvalue weighted by Gasteiger charge is 2.45. The van der Waals surface area contributed by atoms with Crippen molar-refractivity contribution in [3.05, 3.63) is 59.2 Å². The summed E-state index contributed by atoms with van der Waals surface area (Å²) in [5, 5.41) is 8.96. The Labute approximate surface area is 94.7 Å². The molecular formula is C15H11N. The van der Waals surface area contributed by atoms with Gasteiger partial charge in [0.2, 0.25) is 0 Å². The predicted octanol–water partition coefficient (Wildman–Crippen LogP) is 3.11. The van der Waals surface area contributed by atoms with Crippen molar-refractivity contribution in [2.45, 2.75) is 11.8 Å². The molecule has 0 amide bonds. The van der Waals surface area contributed by atoms with Crippen molar-refractivity contribution in [1.29, 1.82) is 5.26 Å². The molecule has 16 heavy (non-hydrogen) atoms. The Morgan fingerprint density at radius 3 is 2.19 bits per heavy atom. The Kier molecular flexibility index (Phi) is 1.38. The molecule has 0 N–H and O–H groups in total. The Morgan fingerprint density at radius 2 is 1.56 bits per heavy atom. The van der Waals surface area contributed by atoms with Crippen molar-refractivity contribution in [3.8, 4) is 6.07 Å². The molecule has 5 rings (SSSR count). The maximum absolute atomic E-state index is 8.96. The van der Waals surface area contributed by atoms with Crippen LogP contribution in [0.3, 0.4) is 0 Å². The largest absolute Gasteiger partial charge is 0.192 e. The Bertz CT molecular complexity index is 574. The van der Waals surface area contributed by atoms with Crippen LogP contribution >= 0.6 is 0 Å². The number of benzene rings is 1. The zero-order chi connectivity index (χ0) is 10.7. The number of rotatable bonds is 0. The van der Waals surface area contributed by atoms with E-state index in [-0.39, 0.29) is 0 Å². The minimum Gasteiger partial charge on any atom is -0.192 e. The van der Waals surface area contributed by atoms with Crippen molar-refractivity contribution in [1.82, 2.24) is 0 Å². The summed E-state index contributed by atoms with van der Waals surface area (Å²) >= 11 is 0. The van der Waals surface area contributed by atoms with Crippen LogP contribution in [0.5, 0.6) is 0 Å². The number of nitrogens with zero attached hydrogens (tertiary/aromatic N) is 1. The second-order valence-corrected chi connectivity index (χ2v) is 4.93. The zero-order valence-corrected chi connectivity index (χ0v) is 8.80. The lowest BCUT2D eigenvalue weighted by atomic mass is 9.55. The van der Waals surface area contributed by atoms with E-state index in [4.69, 9.17) is 5.26 Å².